The van der Waals surface area contributed by atoms with Gasteiger partial charge in [-0.1, -0.05) is 0 Å². The summed E-state index contributed by atoms with van der Waals surface area (Å²) >= 11 is 0. The van der Waals surface area contributed by atoms with E-state index in [2.05, 4.69) is 5.32 Å². The summed E-state index contributed by atoms with van der Waals surface area (Å²) in [6, 6.07) is 3.91. The molecule has 0 spiro atoms. The van der Waals surface area contributed by atoms with E-state index >= 15 is 0 Å². The lowest BCUT2D eigenvalue weighted by molar-refractivity contribution is -0.137. The molecule has 0 aliphatic rings. The molecule has 1 amide bonds. The van der Waals surface area contributed by atoms with Gasteiger partial charge in [0.15, 0.2) is 0 Å². The number of nitrogens with one attached hydrogen (secondary N) is 1. The minimum absolute atomic E-state index is 0.149. The Morgan fingerprint density at radius 2 is 1.81 bits per heavy atom. The summed E-state index contributed by atoms with van der Waals surface area (Å²) in [6.45, 7) is 1.52. The minimum Gasteiger partial charge on any atom is -0.336 e. The molecule has 8 heteroatoms. The average Bonchev–Trinajstić information content (AvgIpc) is 2.62. The quantitative estimate of drug-likeness (QED) is 0.927. The highest BCUT2D eigenvalue weighted by Gasteiger charge is 2.30. The van der Waals surface area contributed by atoms with Crippen molar-refractivity contribution in [3.05, 3.63) is 51.5 Å². The van der Waals surface area contributed by atoms with E-state index in [4.69, 9.17) is 4.52 Å². The normalized spacial score (nSPS) is 11.5. The van der Waals surface area contributed by atoms with Gasteiger partial charge >= 0.3 is 11.8 Å². The van der Waals surface area contributed by atoms with Crippen molar-refractivity contribution in [1.82, 2.24) is 4.74 Å². The van der Waals surface area contributed by atoms with Gasteiger partial charge in [0.1, 0.15) is 5.56 Å². The second-order valence-electron chi connectivity index (χ2n) is 4.37. The maximum Gasteiger partial charge on any atom is 0.416 e. The van der Waals surface area contributed by atoms with E-state index in [9.17, 15) is 22.8 Å². The number of nitrogens with zero attached hydrogens (tertiary/aromatic N) is 1. The smallest absolute Gasteiger partial charge is 0.336 e. The van der Waals surface area contributed by atoms with Crippen LogP contribution in [0, 0.1) is 6.92 Å². The third-order valence-electron chi connectivity index (χ3n) is 2.96. The first-order chi connectivity index (χ1) is 9.70. The topological polar surface area (TPSA) is 64.2 Å². The van der Waals surface area contributed by atoms with Gasteiger partial charge in [-0.25, -0.2) is 9.53 Å². The molecule has 5 nitrogen and oxygen atoms in total. The van der Waals surface area contributed by atoms with Gasteiger partial charge in [0.05, 0.1) is 11.3 Å². The molecule has 0 bridgehead atoms. The Hall–Kier alpha value is -2.51. The molecule has 0 aliphatic carbocycles. The number of benzene rings is 1. The minimum atomic E-state index is -4.44. The zero-order chi connectivity index (χ0) is 15.8. The van der Waals surface area contributed by atoms with Gasteiger partial charge in [0.25, 0.3) is 5.91 Å². The van der Waals surface area contributed by atoms with Gasteiger partial charge in [0, 0.05) is 12.7 Å². The molecule has 1 aromatic heterocycles. The number of aryl methyl sites for hydroxylation is 1. The highest BCUT2D eigenvalue weighted by atomic mass is 19.4. The van der Waals surface area contributed by atoms with Crippen LogP contribution < -0.4 is 10.9 Å². The van der Waals surface area contributed by atoms with E-state index < -0.39 is 23.3 Å². The zero-order valence-corrected chi connectivity index (χ0v) is 11.1. The molecule has 0 unspecified atom stereocenters. The van der Waals surface area contributed by atoms with E-state index in [-0.39, 0.29) is 11.3 Å². The number of alkyl halides is 3. The van der Waals surface area contributed by atoms with Gasteiger partial charge in [-0.3, -0.25) is 4.79 Å². The van der Waals surface area contributed by atoms with E-state index in [0.717, 1.165) is 29.0 Å². The highest BCUT2D eigenvalue weighted by Crippen LogP contribution is 2.29. The van der Waals surface area contributed by atoms with Crippen molar-refractivity contribution in [2.45, 2.75) is 13.1 Å². The molecule has 112 valence electrons. The van der Waals surface area contributed by atoms with Crippen LogP contribution in [0.3, 0.4) is 0 Å². The molecule has 0 radical (unpaired) electrons. The van der Waals surface area contributed by atoms with Crippen molar-refractivity contribution in [3.63, 3.8) is 0 Å². The number of hydrogen-bond acceptors (Lipinski definition) is 3. The molecule has 0 saturated carbocycles. The van der Waals surface area contributed by atoms with Gasteiger partial charge in [-0.05, 0) is 31.2 Å². The monoisotopic (exact) mass is 300 g/mol. The second-order valence-corrected chi connectivity index (χ2v) is 4.37. The summed E-state index contributed by atoms with van der Waals surface area (Å²) < 4.78 is 43.1. The van der Waals surface area contributed by atoms with E-state index in [1.54, 1.807) is 0 Å². The predicted molar refractivity (Wildman–Crippen MR) is 68.1 cm³/mol. The second kappa shape index (κ2) is 5.12. The van der Waals surface area contributed by atoms with Crippen molar-refractivity contribution < 1.29 is 22.5 Å². The Morgan fingerprint density at radius 3 is 2.24 bits per heavy atom. The van der Waals surface area contributed by atoms with Crippen LogP contribution in [0.1, 0.15) is 21.6 Å². The number of amides is 1. The summed E-state index contributed by atoms with van der Waals surface area (Å²) in [7, 11) is 1.46. The lowest BCUT2D eigenvalue weighted by Crippen LogP contribution is -2.19. The summed E-state index contributed by atoms with van der Waals surface area (Å²) in [6.07, 6.45) is -4.44. The Bertz CT molecular complexity index is 727. The van der Waals surface area contributed by atoms with Crippen molar-refractivity contribution >= 4 is 11.6 Å². The molecule has 0 aliphatic heterocycles. The Labute approximate surface area is 116 Å². The first kappa shape index (κ1) is 14.9. The maximum absolute atomic E-state index is 12.4. The van der Waals surface area contributed by atoms with Crippen LogP contribution in [0.5, 0.6) is 0 Å². The Balaban J connectivity index is 2.22. The molecule has 0 atom stereocenters. The fourth-order valence-electron chi connectivity index (χ4n) is 1.74. The standard InChI is InChI=1S/C13H11F3N2O3/c1-7-10(12(20)21-18(7)2)11(19)17-9-5-3-8(4-6-9)13(14,15)16/h3-6H,1-2H3,(H,17,19). The van der Waals surface area contributed by atoms with E-state index in [1.165, 1.54) is 14.0 Å². The van der Waals surface area contributed by atoms with Crippen molar-refractivity contribution in [2.24, 2.45) is 7.05 Å². The first-order valence-electron chi connectivity index (χ1n) is 5.85. The largest absolute Gasteiger partial charge is 0.416 e. The van der Waals surface area contributed by atoms with E-state index in [1.807, 2.05) is 0 Å². The van der Waals surface area contributed by atoms with E-state index in [0.29, 0.717) is 5.69 Å². The van der Waals surface area contributed by atoms with Crippen LogP contribution in [0.25, 0.3) is 0 Å². The number of hydrogen-bond donors (Lipinski definition) is 1. The summed E-state index contributed by atoms with van der Waals surface area (Å²) in [5.41, 5.74) is -1.34. The van der Waals surface area contributed by atoms with Crippen LogP contribution in [0.4, 0.5) is 18.9 Å². The zero-order valence-electron chi connectivity index (χ0n) is 11.1. The first-order valence-corrected chi connectivity index (χ1v) is 5.85. The number of aromatic nitrogens is 1. The Kier molecular flexibility index (Phi) is 3.63. The number of anilines is 1. The highest BCUT2D eigenvalue weighted by molar-refractivity contribution is 6.04. The number of rotatable bonds is 2. The van der Waals surface area contributed by atoms with Crippen LogP contribution in [0.15, 0.2) is 33.6 Å². The van der Waals surface area contributed by atoms with Crippen LogP contribution >= 0.6 is 0 Å². The van der Waals surface area contributed by atoms with Crippen LogP contribution in [0.2, 0.25) is 0 Å². The lowest BCUT2D eigenvalue weighted by Gasteiger charge is -2.08. The molecular formula is C13H11F3N2O3. The molecule has 2 rings (SSSR count). The number of carbonyl (C=O) groups excluding carboxylic acids is 1. The van der Waals surface area contributed by atoms with Gasteiger partial charge < -0.3 is 9.84 Å². The van der Waals surface area contributed by atoms with Crippen LogP contribution in [-0.4, -0.2) is 10.6 Å². The summed E-state index contributed by atoms with van der Waals surface area (Å²) in [4.78, 5) is 23.4. The van der Waals surface area contributed by atoms with Crippen molar-refractivity contribution in [3.8, 4) is 0 Å². The molecule has 21 heavy (non-hydrogen) atoms. The lowest BCUT2D eigenvalue weighted by atomic mass is 10.2. The molecular weight excluding hydrogens is 289 g/mol. The van der Waals surface area contributed by atoms with Crippen LogP contribution in [-0.2, 0) is 13.2 Å². The Morgan fingerprint density at radius 1 is 1.24 bits per heavy atom. The van der Waals surface area contributed by atoms with Gasteiger partial charge in [-0.2, -0.15) is 13.2 Å². The molecule has 0 fully saturated rings. The third-order valence-corrected chi connectivity index (χ3v) is 2.96. The molecule has 1 aromatic carbocycles. The molecule has 1 N–H and O–H groups in total. The fourth-order valence-corrected chi connectivity index (χ4v) is 1.74. The molecule has 1 heterocycles. The molecule has 2 aromatic rings. The maximum atomic E-state index is 12.4. The number of halogens is 3. The van der Waals surface area contributed by atoms with Crippen molar-refractivity contribution in [2.75, 3.05) is 5.32 Å². The predicted octanol–water partition coefficient (Wildman–Crippen LogP) is 2.56. The number of carbonyl (C=O) groups is 1. The average molecular weight is 300 g/mol. The van der Waals surface area contributed by atoms with Gasteiger partial charge in [-0.15, -0.1) is 0 Å². The fraction of sp³-hybridized carbons (Fsp3) is 0.231. The summed E-state index contributed by atoms with van der Waals surface area (Å²) in [5.74, 6) is -0.735. The van der Waals surface area contributed by atoms with Crippen molar-refractivity contribution in [1.29, 1.82) is 0 Å². The molecule has 0 saturated heterocycles. The summed E-state index contributed by atoms with van der Waals surface area (Å²) in [5, 5.41) is 2.35. The third kappa shape index (κ3) is 2.99. The van der Waals surface area contributed by atoms with Gasteiger partial charge in [0.2, 0.25) is 0 Å². The SMILES string of the molecule is Cc1c(C(=O)Nc2ccc(C(F)(F)F)cc2)c(=O)on1C.